The first-order valence-corrected chi connectivity index (χ1v) is 12.4. The van der Waals surface area contributed by atoms with Crippen molar-refractivity contribution in [2.45, 2.75) is 32.9 Å². The number of urea groups is 1. The van der Waals surface area contributed by atoms with E-state index >= 15 is 0 Å². The fourth-order valence-electron chi connectivity index (χ4n) is 4.65. The van der Waals surface area contributed by atoms with Crippen LogP contribution in [0.5, 0.6) is 0 Å². The van der Waals surface area contributed by atoms with Gasteiger partial charge in [0.15, 0.2) is 0 Å². The Labute approximate surface area is 219 Å². The number of carbonyl (C=O) groups is 2. The van der Waals surface area contributed by atoms with Crippen molar-refractivity contribution in [1.29, 1.82) is 0 Å². The van der Waals surface area contributed by atoms with Crippen LogP contribution in [0.1, 0.15) is 36.7 Å². The van der Waals surface area contributed by atoms with Gasteiger partial charge in [0.05, 0.1) is 22.9 Å². The molecule has 0 spiro atoms. The first-order chi connectivity index (χ1) is 18.3. The molecule has 38 heavy (non-hydrogen) atoms. The number of hydrogen-bond donors (Lipinski definition) is 4. The molecule has 3 heterocycles. The van der Waals surface area contributed by atoms with Crippen molar-refractivity contribution in [2.75, 3.05) is 10.6 Å². The zero-order valence-electron chi connectivity index (χ0n) is 21.3. The normalized spacial score (nSPS) is 12.9. The molecule has 0 unspecified atom stereocenters. The lowest BCUT2D eigenvalue weighted by molar-refractivity contribution is 0.0965. The molecule has 0 aliphatic carbocycles. The van der Waals surface area contributed by atoms with E-state index < -0.39 is 0 Å². The maximum Gasteiger partial charge on any atom is 0.323 e. The summed E-state index contributed by atoms with van der Waals surface area (Å²) in [4.78, 5) is 25.0. The monoisotopic (exact) mass is 505 g/mol. The van der Waals surface area contributed by atoms with Crippen molar-refractivity contribution < 1.29 is 9.59 Å². The summed E-state index contributed by atoms with van der Waals surface area (Å²) in [6.07, 6.45) is 3.62. The number of H-pyrrole nitrogens is 1. The van der Waals surface area contributed by atoms with Crippen molar-refractivity contribution in [2.24, 2.45) is 0 Å². The highest BCUT2D eigenvalue weighted by atomic mass is 16.2. The second-order valence-electron chi connectivity index (χ2n) is 10.3. The van der Waals surface area contributed by atoms with Crippen molar-refractivity contribution in [3.8, 4) is 22.4 Å². The van der Waals surface area contributed by atoms with Gasteiger partial charge in [-0.3, -0.25) is 14.6 Å². The average molecular weight is 506 g/mol. The number of anilines is 2. The summed E-state index contributed by atoms with van der Waals surface area (Å²) in [6.45, 7) is 6.69. The molecule has 0 fully saturated rings. The zero-order valence-corrected chi connectivity index (χ0v) is 21.3. The predicted molar refractivity (Wildman–Crippen MR) is 148 cm³/mol. The fourth-order valence-corrected chi connectivity index (χ4v) is 4.65. The van der Waals surface area contributed by atoms with E-state index in [0.717, 1.165) is 33.2 Å². The number of fused-ring (bicyclic) bond motifs is 2. The van der Waals surface area contributed by atoms with Crippen LogP contribution in [-0.4, -0.2) is 31.9 Å². The van der Waals surface area contributed by atoms with Crippen LogP contribution in [-0.2, 0) is 12.1 Å². The van der Waals surface area contributed by atoms with E-state index in [-0.39, 0.29) is 17.5 Å². The molecule has 1 aliphatic rings. The standard InChI is InChI=1S/C29H27N7O2/c1-29(2,3)36-16-25(26(35-36)18-9-12-24-19(13-18)14-31-34-24)33-28(38)32-20-10-7-17(8-11-20)21-5-4-6-22-23(21)15-30-27(22)37/h4-14,16H,15H2,1-3H3,(H,30,37)(H,31,34)(H2,32,33,38). The van der Waals surface area contributed by atoms with Gasteiger partial charge in [0.1, 0.15) is 5.69 Å². The number of amides is 3. The van der Waals surface area contributed by atoms with E-state index in [1.165, 1.54) is 0 Å². The Kier molecular flexibility index (Phi) is 5.48. The molecule has 190 valence electrons. The molecule has 0 atom stereocenters. The molecule has 3 aromatic carbocycles. The number of nitrogens with one attached hydrogen (secondary N) is 4. The maximum absolute atomic E-state index is 13.0. The van der Waals surface area contributed by atoms with Crippen molar-refractivity contribution in [3.63, 3.8) is 0 Å². The number of carbonyl (C=O) groups excluding carboxylic acids is 2. The van der Waals surface area contributed by atoms with Crippen LogP contribution in [0.4, 0.5) is 16.2 Å². The molecule has 3 amide bonds. The Morgan fingerprint density at radius 2 is 1.74 bits per heavy atom. The first-order valence-electron chi connectivity index (χ1n) is 12.4. The Morgan fingerprint density at radius 3 is 2.53 bits per heavy atom. The topological polar surface area (TPSA) is 117 Å². The van der Waals surface area contributed by atoms with Crippen molar-refractivity contribution in [3.05, 3.63) is 84.2 Å². The van der Waals surface area contributed by atoms with E-state index in [0.29, 0.717) is 29.2 Å². The predicted octanol–water partition coefficient (Wildman–Crippen LogP) is 5.74. The number of aromatic nitrogens is 4. The molecule has 0 radical (unpaired) electrons. The Bertz CT molecular complexity index is 1690. The van der Waals surface area contributed by atoms with Gasteiger partial charge in [0, 0.05) is 34.9 Å². The Balaban J connectivity index is 1.23. The lowest BCUT2D eigenvalue weighted by Gasteiger charge is -2.18. The van der Waals surface area contributed by atoms with Crippen LogP contribution in [0.3, 0.4) is 0 Å². The van der Waals surface area contributed by atoms with Gasteiger partial charge in [-0.2, -0.15) is 10.2 Å². The average Bonchev–Trinajstić information content (AvgIpc) is 3.62. The van der Waals surface area contributed by atoms with E-state index in [1.807, 2.05) is 71.5 Å². The molecule has 5 aromatic rings. The smallest absolute Gasteiger partial charge is 0.323 e. The summed E-state index contributed by atoms with van der Waals surface area (Å²) < 4.78 is 1.85. The molecule has 0 saturated carbocycles. The van der Waals surface area contributed by atoms with Gasteiger partial charge in [-0.1, -0.05) is 30.3 Å². The molecule has 2 aromatic heterocycles. The minimum atomic E-state index is -0.368. The van der Waals surface area contributed by atoms with E-state index in [9.17, 15) is 9.59 Å². The van der Waals surface area contributed by atoms with Crippen molar-refractivity contribution in [1.82, 2.24) is 25.3 Å². The van der Waals surface area contributed by atoms with E-state index in [2.05, 4.69) is 46.9 Å². The highest BCUT2D eigenvalue weighted by Crippen LogP contribution is 2.32. The SMILES string of the molecule is CC(C)(C)n1cc(NC(=O)Nc2ccc(-c3cccc4c3CNC4=O)cc2)c(-c2ccc3[nH]ncc3c2)n1. The minimum Gasteiger partial charge on any atom is -0.348 e. The first kappa shape index (κ1) is 23.5. The van der Waals surface area contributed by atoms with Gasteiger partial charge in [-0.25, -0.2) is 4.79 Å². The number of hydrogen-bond acceptors (Lipinski definition) is 4. The molecule has 4 N–H and O–H groups in total. The molecule has 9 nitrogen and oxygen atoms in total. The molecule has 6 rings (SSSR count). The third kappa shape index (κ3) is 4.28. The summed E-state index contributed by atoms with van der Waals surface area (Å²) in [5.41, 5.74) is 7.17. The van der Waals surface area contributed by atoms with E-state index in [1.54, 1.807) is 6.20 Å². The zero-order chi connectivity index (χ0) is 26.4. The number of benzene rings is 3. The molecule has 0 saturated heterocycles. The van der Waals surface area contributed by atoms with Gasteiger partial charge in [0.2, 0.25) is 0 Å². The van der Waals surface area contributed by atoms with Crippen LogP contribution in [0.25, 0.3) is 33.3 Å². The highest BCUT2D eigenvalue weighted by Gasteiger charge is 2.22. The largest absolute Gasteiger partial charge is 0.348 e. The second kappa shape index (κ2) is 8.88. The third-order valence-corrected chi connectivity index (χ3v) is 6.66. The molecular weight excluding hydrogens is 478 g/mol. The Morgan fingerprint density at radius 1 is 0.974 bits per heavy atom. The van der Waals surface area contributed by atoms with Gasteiger partial charge >= 0.3 is 6.03 Å². The summed E-state index contributed by atoms with van der Waals surface area (Å²) >= 11 is 0. The lowest BCUT2D eigenvalue weighted by atomic mass is 9.97. The van der Waals surface area contributed by atoms with Gasteiger partial charge in [-0.05, 0) is 67.8 Å². The van der Waals surface area contributed by atoms with Crippen LogP contribution in [0, 0.1) is 0 Å². The molecule has 9 heteroatoms. The molecule has 0 bridgehead atoms. The lowest BCUT2D eigenvalue weighted by Crippen LogP contribution is -2.22. The van der Waals surface area contributed by atoms with Crippen LogP contribution < -0.4 is 16.0 Å². The number of aromatic amines is 1. The van der Waals surface area contributed by atoms with E-state index in [4.69, 9.17) is 5.10 Å². The van der Waals surface area contributed by atoms with Gasteiger partial charge in [-0.15, -0.1) is 0 Å². The molecule has 1 aliphatic heterocycles. The van der Waals surface area contributed by atoms with Crippen LogP contribution in [0.2, 0.25) is 0 Å². The third-order valence-electron chi connectivity index (χ3n) is 6.66. The minimum absolute atomic E-state index is 0.0457. The summed E-state index contributed by atoms with van der Waals surface area (Å²) in [6, 6.07) is 18.9. The van der Waals surface area contributed by atoms with Gasteiger partial charge < -0.3 is 16.0 Å². The van der Waals surface area contributed by atoms with Gasteiger partial charge in [0.25, 0.3) is 5.91 Å². The Hall–Kier alpha value is -4.92. The van der Waals surface area contributed by atoms with Crippen molar-refractivity contribution >= 4 is 34.2 Å². The summed E-state index contributed by atoms with van der Waals surface area (Å²) in [7, 11) is 0. The fraction of sp³-hybridized carbons (Fsp3) is 0.172. The second-order valence-corrected chi connectivity index (χ2v) is 10.3. The summed E-state index contributed by atoms with van der Waals surface area (Å²) in [5.74, 6) is -0.0457. The molecular formula is C29H27N7O2. The quantitative estimate of drug-likeness (QED) is 0.249. The number of rotatable bonds is 4. The maximum atomic E-state index is 13.0. The highest BCUT2D eigenvalue weighted by molar-refractivity contribution is 6.03. The van der Waals surface area contributed by atoms with Crippen LogP contribution in [0.15, 0.2) is 73.1 Å². The number of nitrogens with zero attached hydrogens (tertiary/aromatic N) is 3. The van der Waals surface area contributed by atoms with Crippen LogP contribution >= 0.6 is 0 Å². The summed E-state index contributed by atoms with van der Waals surface area (Å²) in [5, 5.41) is 21.6.